The van der Waals surface area contributed by atoms with Crippen molar-refractivity contribution in [3.05, 3.63) is 35.9 Å². The Morgan fingerprint density at radius 2 is 2.00 bits per heavy atom. The molecule has 0 saturated heterocycles. The third-order valence-electron chi connectivity index (χ3n) is 3.81. The molecule has 2 unspecified atom stereocenters. The van der Waals surface area contributed by atoms with Crippen LogP contribution in [0.2, 0.25) is 0 Å². The maximum absolute atomic E-state index is 5.75. The number of likely N-dealkylation sites (N-methyl/N-ethyl adjacent to an activating group) is 1. The first-order chi connectivity index (χ1) is 8.36. The summed E-state index contributed by atoms with van der Waals surface area (Å²) in [7, 11) is 1.82. The Labute approximate surface area is 104 Å². The van der Waals surface area contributed by atoms with Crippen molar-refractivity contribution in [3.63, 3.8) is 0 Å². The van der Waals surface area contributed by atoms with Gasteiger partial charge in [0, 0.05) is 13.2 Å². The van der Waals surface area contributed by atoms with Crippen LogP contribution < -0.4 is 5.32 Å². The third kappa shape index (κ3) is 2.88. The molecule has 1 aromatic carbocycles. The molecule has 0 aliphatic heterocycles. The molecule has 2 heteroatoms. The molecule has 0 amide bonds. The molecule has 0 radical (unpaired) electrons. The van der Waals surface area contributed by atoms with Crippen molar-refractivity contribution >= 4 is 0 Å². The Bertz CT molecular complexity index is 321. The molecule has 17 heavy (non-hydrogen) atoms. The standard InChI is InChI=1S/C15H23NO/c1-3-16-14(12-10-7-11-12)15(17-2)13-8-5-4-6-9-13/h4-6,8-9,12,14-16H,3,7,10-11H2,1-2H3. The van der Waals surface area contributed by atoms with Gasteiger partial charge < -0.3 is 10.1 Å². The first kappa shape index (κ1) is 12.6. The normalized spacial score (nSPS) is 19.6. The van der Waals surface area contributed by atoms with E-state index in [1.54, 1.807) is 0 Å². The molecular formula is C15H23NO. The van der Waals surface area contributed by atoms with Gasteiger partial charge in [-0.3, -0.25) is 0 Å². The maximum atomic E-state index is 5.75. The number of ether oxygens (including phenoxy) is 1. The average molecular weight is 233 g/mol. The molecule has 2 atom stereocenters. The van der Waals surface area contributed by atoms with Crippen LogP contribution in [0.4, 0.5) is 0 Å². The van der Waals surface area contributed by atoms with E-state index >= 15 is 0 Å². The molecule has 1 aliphatic rings. The lowest BCUT2D eigenvalue weighted by molar-refractivity contribution is 0.0293. The number of nitrogens with one attached hydrogen (secondary N) is 1. The van der Waals surface area contributed by atoms with Crippen LogP contribution in [-0.4, -0.2) is 19.7 Å². The van der Waals surface area contributed by atoms with Gasteiger partial charge in [-0.25, -0.2) is 0 Å². The van der Waals surface area contributed by atoms with Gasteiger partial charge >= 0.3 is 0 Å². The molecular weight excluding hydrogens is 210 g/mol. The summed E-state index contributed by atoms with van der Waals surface area (Å²) in [5.41, 5.74) is 1.29. The molecule has 0 aromatic heterocycles. The van der Waals surface area contributed by atoms with Gasteiger partial charge in [-0.15, -0.1) is 0 Å². The number of methoxy groups -OCH3 is 1. The molecule has 1 N–H and O–H groups in total. The SMILES string of the molecule is CCNC(C1CCC1)C(OC)c1ccccc1. The lowest BCUT2D eigenvalue weighted by atomic mass is 9.76. The summed E-state index contributed by atoms with van der Waals surface area (Å²) in [6, 6.07) is 11.0. The van der Waals surface area contributed by atoms with Crippen LogP contribution in [0.15, 0.2) is 30.3 Å². The highest BCUT2D eigenvalue weighted by molar-refractivity contribution is 5.20. The van der Waals surface area contributed by atoms with Crippen molar-refractivity contribution in [3.8, 4) is 0 Å². The van der Waals surface area contributed by atoms with Gasteiger partial charge in [-0.2, -0.15) is 0 Å². The van der Waals surface area contributed by atoms with E-state index < -0.39 is 0 Å². The number of hydrogen-bond donors (Lipinski definition) is 1. The van der Waals surface area contributed by atoms with E-state index in [2.05, 4.69) is 42.6 Å². The molecule has 0 bridgehead atoms. The Morgan fingerprint density at radius 1 is 1.29 bits per heavy atom. The molecule has 1 aromatic rings. The van der Waals surface area contributed by atoms with Gasteiger partial charge in [-0.05, 0) is 30.9 Å². The van der Waals surface area contributed by atoms with Crippen molar-refractivity contribution in [2.45, 2.75) is 38.3 Å². The Hall–Kier alpha value is -0.860. The predicted molar refractivity (Wildman–Crippen MR) is 71.0 cm³/mol. The monoisotopic (exact) mass is 233 g/mol. The van der Waals surface area contributed by atoms with Crippen LogP contribution in [-0.2, 0) is 4.74 Å². The first-order valence-electron chi connectivity index (χ1n) is 6.68. The maximum Gasteiger partial charge on any atom is 0.0976 e. The molecule has 1 aliphatic carbocycles. The van der Waals surface area contributed by atoms with Crippen LogP contribution in [0.5, 0.6) is 0 Å². The van der Waals surface area contributed by atoms with Crippen molar-refractivity contribution in [1.29, 1.82) is 0 Å². The molecule has 0 spiro atoms. The lowest BCUT2D eigenvalue weighted by Gasteiger charge is -2.38. The van der Waals surface area contributed by atoms with Crippen LogP contribution >= 0.6 is 0 Å². The van der Waals surface area contributed by atoms with E-state index in [0.29, 0.717) is 6.04 Å². The van der Waals surface area contributed by atoms with E-state index in [4.69, 9.17) is 4.74 Å². The number of rotatable bonds is 6. The fourth-order valence-corrected chi connectivity index (χ4v) is 2.69. The fraction of sp³-hybridized carbons (Fsp3) is 0.600. The average Bonchev–Trinajstić information content (AvgIpc) is 2.29. The Balaban J connectivity index is 2.13. The van der Waals surface area contributed by atoms with Gasteiger partial charge in [0.1, 0.15) is 0 Å². The highest BCUT2D eigenvalue weighted by atomic mass is 16.5. The largest absolute Gasteiger partial charge is 0.375 e. The van der Waals surface area contributed by atoms with Gasteiger partial charge in [0.05, 0.1) is 6.10 Å². The van der Waals surface area contributed by atoms with Gasteiger partial charge in [0.15, 0.2) is 0 Å². The van der Waals surface area contributed by atoms with E-state index in [9.17, 15) is 0 Å². The summed E-state index contributed by atoms with van der Waals surface area (Å²) in [6.45, 7) is 3.18. The van der Waals surface area contributed by atoms with Crippen LogP contribution in [0.25, 0.3) is 0 Å². The summed E-state index contributed by atoms with van der Waals surface area (Å²) >= 11 is 0. The molecule has 2 nitrogen and oxygen atoms in total. The van der Waals surface area contributed by atoms with Crippen LogP contribution in [0, 0.1) is 5.92 Å². The van der Waals surface area contributed by atoms with Gasteiger partial charge in [0.25, 0.3) is 0 Å². The zero-order chi connectivity index (χ0) is 12.1. The number of hydrogen-bond acceptors (Lipinski definition) is 2. The summed E-state index contributed by atoms with van der Waals surface area (Å²) in [6.07, 6.45) is 4.23. The zero-order valence-electron chi connectivity index (χ0n) is 10.9. The summed E-state index contributed by atoms with van der Waals surface area (Å²) in [5, 5.41) is 3.61. The first-order valence-corrected chi connectivity index (χ1v) is 6.68. The molecule has 2 rings (SSSR count). The van der Waals surface area contributed by atoms with Crippen molar-refractivity contribution in [2.75, 3.05) is 13.7 Å². The predicted octanol–water partition coefficient (Wildman–Crippen LogP) is 3.15. The molecule has 94 valence electrons. The summed E-state index contributed by atoms with van der Waals surface area (Å²) in [5.74, 6) is 0.778. The van der Waals surface area contributed by atoms with E-state index in [0.717, 1.165) is 12.5 Å². The molecule has 1 fully saturated rings. The van der Waals surface area contributed by atoms with E-state index in [-0.39, 0.29) is 6.10 Å². The second-order valence-corrected chi connectivity index (χ2v) is 4.84. The molecule has 0 heterocycles. The summed E-state index contributed by atoms with van der Waals surface area (Å²) in [4.78, 5) is 0. The highest BCUT2D eigenvalue weighted by Gasteiger charge is 2.33. The Kier molecular flexibility index (Phi) is 4.57. The topological polar surface area (TPSA) is 21.3 Å². The minimum Gasteiger partial charge on any atom is -0.375 e. The van der Waals surface area contributed by atoms with Crippen molar-refractivity contribution in [2.24, 2.45) is 5.92 Å². The highest BCUT2D eigenvalue weighted by Crippen LogP contribution is 2.36. The van der Waals surface area contributed by atoms with Crippen molar-refractivity contribution in [1.82, 2.24) is 5.32 Å². The van der Waals surface area contributed by atoms with Gasteiger partial charge in [-0.1, -0.05) is 43.7 Å². The quantitative estimate of drug-likeness (QED) is 0.815. The second-order valence-electron chi connectivity index (χ2n) is 4.84. The fourth-order valence-electron chi connectivity index (χ4n) is 2.69. The third-order valence-corrected chi connectivity index (χ3v) is 3.81. The number of benzene rings is 1. The van der Waals surface area contributed by atoms with Crippen molar-refractivity contribution < 1.29 is 4.74 Å². The minimum absolute atomic E-state index is 0.182. The smallest absolute Gasteiger partial charge is 0.0976 e. The van der Waals surface area contributed by atoms with E-state index in [1.807, 2.05) is 7.11 Å². The minimum atomic E-state index is 0.182. The second kappa shape index (κ2) is 6.18. The Morgan fingerprint density at radius 3 is 2.47 bits per heavy atom. The van der Waals surface area contributed by atoms with Crippen LogP contribution in [0.3, 0.4) is 0 Å². The van der Waals surface area contributed by atoms with Gasteiger partial charge in [0.2, 0.25) is 0 Å². The zero-order valence-corrected chi connectivity index (χ0v) is 10.9. The van der Waals surface area contributed by atoms with Crippen LogP contribution in [0.1, 0.15) is 37.9 Å². The lowest BCUT2D eigenvalue weighted by Crippen LogP contribution is -2.44. The van der Waals surface area contributed by atoms with E-state index in [1.165, 1.54) is 24.8 Å². The molecule has 1 saturated carbocycles. The summed E-state index contributed by atoms with van der Waals surface area (Å²) < 4.78 is 5.75.